The largest absolute Gasteiger partial charge is 0.394 e. The lowest BCUT2D eigenvalue weighted by molar-refractivity contribution is -0.125. The predicted molar refractivity (Wildman–Crippen MR) is 255 cm³/mol. The van der Waals surface area contributed by atoms with Crippen LogP contribution in [-0.4, -0.2) is 46.1 Å². The fraction of sp³-hybridized carbons (Fsp3) is 0.981. The number of hydrogen-bond donors (Lipinski definition) is 4. The van der Waals surface area contributed by atoms with Gasteiger partial charge in [-0.25, -0.2) is 0 Å². The minimum absolute atomic E-state index is 0.0433. The minimum atomic E-state index is -0.744. The van der Waals surface area contributed by atoms with Gasteiger partial charge in [0.05, 0.1) is 31.3 Å². The van der Waals surface area contributed by atoms with Crippen LogP contribution in [-0.2, 0) is 4.79 Å². The SMILES string of the molecule is CCCCCCCCCCCCCCCCCCCCCCCCCCCCCCCC(O)CC(=O)NC(CO)C(O)CCCCCCCCCCCCCCCC. The number of nitrogens with one attached hydrogen (secondary N) is 1. The van der Waals surface area contributed by atoms with Gasteiger partial charge < -0.3 is 20.6 Å². The summed E-state index contributed by atoms with van der Waals surface area (Å²) < 4.78 is 0. The van der Waals surface area contributed by atoms with E-state index in [4.69, 9.17) is 0 Å². The molecule has 0 saturated heterocycles. The van der Waals surface area contributed by atoms with Gasteiger partial charge in [0.25, 0.3) is 0 Å². The molecule has 0 heterocycles. The first-order valence-electron chi connectivity index (χ1n) is 26.8. The number of carbonyl (C=O) groups excluding carboxylic acids is 1. The van der Waals surface area contributed by atoms with Crippen LogP contribution in [0.25, 0.3) is 0 Å². The molecule has 0 rings (SSSR count). The number of aliphatic hydroxyl groups excluding tert-OH is 3. The van der Waals surface area contributed by atoms with E-state index < -0.39 is 18.2 Å². The molecule has 4 N–H and O–H groups in total. The quantitative estimate of drug-likeness (QED) is 0.0460. The molecule has 0 aromatic carbocycles. The molecule has 0 radical (unpaired) electrons. The highest BCUT2D eigenvalue weighted by atomic mass is 16.3. The lowest BCUT2D eigenvalue weighted by Gasteiger charge is -2.23. The number of carbonyl (C=O) groups is 1. The van der Waals surface area contributed by atoms with Crippen molar-refractivity contribution in [2.24, 2.45) is 0 Å². The molecule has 0 aliphatic rings. The highest BCUT2D eigenvalue weighted by molar-refractivity contribution is 5.76. The molecule has 348 valence electrons. The Labute approximate surface area is 364 Å². The number of unbranched alkanes of at least 4 members (excludes halogenated alkanes) is 41. The first-order chi connectivity index (χ1) is 28.5. The van der Waals surface area contributed by atoms with Gasteiger partial charge in [-0.1, -0.05) is 290 Å². The minimum Gasteiger partial charge on any atom is -0.394 e. The van der Waals surface area contributed by atoms with Crippen LogP contribution in [0.4, 0.5) is 0 Å². The van der Waals surface area contributed by atoms with Crippen molar-refractivity contribution in [2.75, 3.05) is 6.61 Å². The van der Waals surface area contributed by atoms with Crippen LogP contribution in [0.5, 0.6) is 0 Å². The third kappa shape index (κ3) is 44.9. The van der Waals surface area contributed by atoms with Gasteiger partial charge in [-0.2, -0.15) is 0 Å². The highest BCUT2D eigenvalue weighted by Crippen LogP contribution is 2.18. The third-order valence-corrected chi connectivity index (χ3v) is 12.9. The van der Waals surface area contributed by atoms with E-state index >= 15 is 0 Å². The fourth-order valence-corrected chi connectivity index (χ4v) is 8.82. The van der Waals surface area contributed by atoms with Gasteiger partial charge in [-0.15, -0.1) is 0 Å². The van der Waals surface area contributed by atoms with Crippen molar-refractivity contribution < 1.29 is 20.1 Å². The number of amides is 1. The number of rotatable bonds is 50. The average molecular weight is 822 g/mol. The van der Waals surface area contributed by atoms with E-state index in [9.17, 15) is 20.1 Å². The maximum Gasteiger partial charge on any atom is 0.222 e. The Morgan fingerprint density at radius 3 is 0.828 bits per heavy atom. The predicted octanol–water partition coefficient (Wildman–Crippen LogP) is 16.2. The molecule has 5 heteroatoms. The Bertz CT molecular complexity index is 777. The van der Waals surface area contributed by atoms with E-state index in [2.05, 4.69) is 19.2 Å². The van der Waals surface area contributed by atoms with Crippen molar-refractivity contribution in [2.45, 2.75) is 327 Å². The summed E-state index contributed by atoms with van der Waals surface area (Å²) in [7, 11) is 0. The molecule has 0 fully saturated rings. The molecule has 0 aliphatic heterocycles. The molecule has 1 amide bonds. The monoisotopic (exact) mass is 822 g/mol. The molecule has 0 aromatic heterocycles. The van der Waals surface area contributed by atoms with E-state index in [1.807, 2.05) is 0 Å². The molecule has 3 atom stereocenters. The van der Waals surface area contributed by atoms with Crippen LogP contribution in [0, 0.1) is 0 Å². The van der Waals surface area contributed by atoms with Gasteiger partial charge in [0.1, 0.15) is 0 Å². The molecule has 5 nitrogen and oxygen atoms in total. The summed E-state index contributed by atoms with van der Waals surface area (Å²) in [6, 6.07) is -0.653. The lowest BCUT2D eigenvalue weighted by Crippen LogP contribution is -2.46. The van der Waals surface area contributed by atoms with Crippen molar-refractivity contribution in [3.8, 4) is 0 Å². The lowest BCUT2D eigenvalue weighted by atomic mass is 10.0. The van der Waals surface area contributed by atoms with Gasteiger partial charge in [-0.3, -0.25) is 4.79 Å². The second-order valence-corrected chi connectivity index (χ2v) is 18.9. The van der Waals surface area contributed by atoms with Gasteiger partial charge in [0, 0.05) is 0 Å². The summed E-state index contributed by atoms with van der Waals surface area (Å²) in [5.74, 6) is -0.276. The van der Waals surface area contributed by atoms with Crippen LogP contribution >= 0.6 is 0 Å². The standard InChI is InChI=1S/C53H107NO4/c1-3-5-7-9-11-13-15-17-19-20-21-22-23-24-25-26-27-28-29-30-31-32-33-34-36-38-40-42-44-46-50(56)48-53(58)54-51(49-55)52(57)47-45-43-41-39-37-35-18-16-14-12-10-8-6-4-2/h50-52,55-57H,3-49H2,1-2H3,(H,54,58). The summed E-state index contributed by atoms with van der Waals surface area (Å²) in [5, 5.41) is 33.5. The normalized spacial score (nSPS) is 13.3. The number of hydrogen-bond acceptors (Lipinski definition) is 4. The second kappa shape index (κ2) is 49.0. The van der Waals surface area contributed by atoms with Crippen LogP contribution in [0.2, 0.25) is 0 Å². The zero-order chi connectivity index (χ0) is 42.3. The topological polar surface area (TPSA) is 89.8 Å². The smallest absolute Gasteiger partial charge is 0.222 e. The molecule has 3 unspecified atom stereocenters. The Balaban J connectivity index is 3.45. The Morgan fingerprint density at radius 1 is 0.362 bits per heavy atom. The van der Waals surface area contributed by atoms with E-state index in [-0.39, 0.29) is 18.9 Å². The molecule has 0 spiro atoms. The van der Waals surface area contributed by atoms with Gasteiger partial charge in [-0.05, 0) is 12.8 Å². The summed E-state index contributed by atoms with van der Waals surface area (Å²) >= 11 is 0. The van der Waals surface area contributed by atoms with Gasteiger partial charge in [0.15, 0.2) is 0 Å². The fourth-order valence-electron chi connectivity index (χ4n) is 8.82. The zero-order valence-corrected chi connectivity index (χ0v) is 39.7. The van der Waals surface area contributed by atoms with E-state index in [0.717, 1.165) is 25.7 Å². The molecule has 0 aromatic rings. The average Bonchev–Trinajstić information content (AvgIpc) is 3.22. The van der Waals surface area contributed by atoms with Crippen LogP contribution in [0.1, 0.15) is 309 Å². The maximum atomic E-state index is 12.5. The maximum absolute atomic E-state index is 12.5. The summed E-state index contributed by atoms with van der Waals surface area (Å²) in [4.78, 5) is 12.5. The van der Waals surface area contributed by atoms with Crippen molar-refractivity contribution in [1.29, 1.82) is 0 Å². The first kappa shape index (κ1) is 57.3. The van der Waals surface area contributed by atoms with Crippen molar-refractivity contribution in [3.05, 3.63) is 0 Å². The first-order valence-corrected chi connectivity index (χ1v) is 26.8. The van der Waals surface area contributed by atoms with Gasteiger partial charge in [0.2, 0.25) is 5.91 Å². The summed E-state index contributed by atoms with van der Waals surface area (Å²) in [6.07, 6.45) is 58.3. The second-order valence-electron chi connectivity index (χ2n) is 18.9. The van der Waals surface area contributed by atoms with E-state index in [1.54, 1.807) is 0 Å². The highest BCUT2D eigenvalue weighted by Gasteiger charge is 2.21. The number of aliphatic hydroxyl groups is 3. The molecule has 0 saturated carbocycles. The summed E-state index contributed by atoms with van der Waals surface area (Å²) in [5.41, 5.74) is 0. The molecular formula is C53H107NO4. The van der Waals surface area contributed by atoms with E-state index in [0.29, 0.717) is 12.8 Å². The molecular weight excluding hydrogens is 715 g/mol. The van der Waals surface area contributed by atoms with Crippen LogP contribution in [0.15, 0.2) is 0 Å². The molecule has 58 heavy (non-hydrogen) atoms. The van der Waals surface area contributed by atoms with Crippen molar-refractivity contribution >= 4 is 5.91 Å². The van der Waals surface area contributed by atoms with Crippen LogP contribution < -0.4 is 5.32 Å². The molecule has 0 bridgehead atoms. The Morgan fingerprint density at radius 2 is 0.586 bits per heavy atom. The summed E-state index contributed by atoms with van der Waals surface area (Å²) in [6.45, 7) is 4.29. The van der Waals surface area contributed by atoms with E-state index in [1.165, 1.54) is 250 Å². The van der Waals surface area contributed by atoms with Crippen LogP contribution in [0.3, 0.4) is 0 Å². The zero-order valence-electron chi connectivity index (χ0n) is 39.7. The molecule has 0 aliphatic carbocycles. The Kier molecular flexibility index (Phi) is 48.5. The third-order valence-electron chi connectivity index (χ3n) is 12.9. The van der Waals surface area contributed by atoms with Crippen molar-refractivity contribution in [1.82, 2.24) is 5.32 Å². The van der Waals surface area contributed by atoms with Crippen molar-refractivity contribution in [3.63, 3.8) is 0 Å². The Hall–Kier alpha value is -0.650. The van der Waals surface area contributed by atoms with Gasteiger partial charge >= 0.3 is 0 Å².